The third-order valence-corrected chi connectivity index (χ3v) is 3.42. The molecule has 1 saturated carbocycles. The monoisotopic (exact) mass is 256 g/mol. The summed E-state index contributed by atoms with van der Waals surface area (Å²) in [5, 5.41) is 2.81. The van der Waals surface area contributed by atoms with Crippen LogP contribution in [0.3, 0.4) is 0 Å². The van der Waals surface area contributed by atoms with Crippen molar-refractivity contribution in [2.75, 3.05) is 32.8 Å². The second-order valence-electron chi connectivity index (χ2n) is 6.19. The molecule has 0 aromatic carbocycles. The highest BCUT2D eigenvalue weighted by molar-refractivity contribution is 5.67. The molecule has 1 saturated heterocycles. The molecule has 0 bridgehead atoms. The molecule has 1 N–H and O–H groups in total. The average Bonchev–Trinajstić information content (AvgIpc) is 2.99. The molecule has 0 atom stereocenters. The topological polar surface area (TPSA) is 50.8 Å². The second kappa shape index (κ2) is 5.05. The molecule has 0 aromatic rings. The fraction of sp³-hybridized carbons (Fsp3) is 0.923. The highest BCUT2D eigenvalue weighted by Gasteiger charge is 2.49. The Morgan fingerprint density at radius 2 is 2.17 bits per heavy atom. The third kappa shape index (κ3) is 3.59. The molecule has 2 aliphatic rings. The molecule has 0 radical (unpaired) electrons. The van der Waals surface area contributed by atoms with Gasteiger partial charge in [0.05, 0.1) is 13.2 Å². The van der Waals surface area contributed by atoms with Crippen LogP contribution in [0.2, 0.25) is 0 Å². The highest BCUT2D eigenvalue weighted by atomic mass is 16.6. The summed E-state index contributed by atoms with van der Waals surface area (Å²) in [6.45, 7) is 9.73. The van der Waals surface area contributed by atoms with Gasteiger partial charge in [0.25, 0.3) is 0 Å². The van der Waals surface area contributed by atoms with Gasteiger partial charge in [-0.05, 0) is 33.6 Å². The maximum Gasteiger partial charge on any atom is 0.407 e. The van der Waals surface area contributed by atoms with Crippen molar-refractivity contribution in [3.8, 4) is 0 Å². The SMILES string of the molecule is CC(C)(C)OC(=O)NCCN1CCOCC12CC2. The Balaban J connectivity index is 1.67. The quantitative estimate of drug-likeness (QED) is 0.828. The third-order valence-electron chi connectivity index (χ3n) is 3.42. The second-order valence-corrected chi connectivity index (χ2v) is 6.19. The molecule has 1 aliphatic carbocycles. The van der Waals surface area contributed by atoms with Gasteiger partial charge in [0.15, 0.2) is 0 Å². The normalized spacial score (nSPS) is 22.8. The van der Waals surface area contributed by atoms with E-state index < -0.39 is 5.60 Å². The number of rotatable bonds is 3. The summed E-state index contributed by atoms with van der Waals surface area (Å²) in [6, 6.07) is 0. The summed E-state index contributed by atoms with van der Waals surface area (Å²) < 4.78 is 10.7. The van der Waals surface area contributed by atoms with Gasteiger partial charge in [0.1, 0.15) is 5.60 Å². The van der Waals surface area contributed by atoms with E-state index in [1.54, 1.807) is 0 Å². The zero-order chi connectivity index (χ0) is 13.2. The largest absolute Gasteiger partial charge is 0.444 e. The van der Waals surface area contributed by atoms with Crippen LogP contribution in [0.25, 0.3) is 0 Å². The number of morpholine rings is 1. The summed E-state index contributed by atoms with van der Waals surface area (Å²) in [5.41, 5.74) is -0.144. The maximum atomic E-state index is 11.5. The predicted molar refractivity (Wildman–Crippen MR) is 68.6 cm³/mol. The summed E-state index contributed by atoms with van der Waals surface area (Å²) >= 11 is 0. The van der Waals surface area contributed by atoms with Gasteiger partial charge in [-0.1, -0.05) is 0 Å². The number of carbonyl (C=O) groups is 1. The first-order chi connectivity index (χ1) is 8.41. The number of nitrogens with one attached hydrogen (secondary N) is 1. The Bertz CT molecular complexity index is 308. The number of hydrogen-bond donors (Lipinski definition) is 1. The first kappa shape index (κ1) is 13.6. The van der Waals surface area contributed by atoms with Gasteiger partial charge >= 0.3 is 6.09 Å². The fourth-order valence-corrected chi connectivity index (χ4v) is 2.33. The van der Waals surface area contributed by atoms with E-state index in [4.69, 9.17) is 9.47 Å². The van der Waals surface area contributed by atoms with Crippen LogP contribution in [0.5, 0.6) is 0 Å². The van der Waals surface area contributed by atoms with Gasteiger partial charge in [-0.3, -0.25) is 4.90 Å². The summed E-state index contributed by atoms with van der Waals surface area (Å²) in [6.07, 6.45) is 2.11. The average molecular weight is 256 g/mol. The molecular formula is C13H24N2O3. The van der Waals surface area contributed by atoms with Gasteiger partial charge < -0.3 is 14.8 Å². The van der Waals surface area contributed by atoms with Crippen LogP contribution >= 0.6 is 0 Å². The Labute approximate surface area is 109 Å². The van der Waals surface area contributed by atoms with E-state index in [1.165, 1.54) is 12.8 Å². The standard InChI is InChI=1S/C13H24N2O3/c1-12(2,3)18-11(16)14-6-7-15-8-9-17-10-13(15)4-5-13/h4-10H2,1-3H3,(H,14,16). The molecule has 1 heterocycles. The smallest absolute Gasteiger partial charge is 0.407 e. The number of carbonyl (C=O) groups excluding carboxylic acids is 1. The van der Waals surface area contributed by atoms with E-state index in [0.29, 0.717) is 6.54 Å². The minimum Gasteiger partial charge on any atom is -0.444 e. The zero-order valence-electron chi connectivity index (χ0n) is 11.6. The van der Waals surface area contributed by atoms with Gasteiger partial charge in [0.2, 0.25) is 0 Å². The van der Waals surface area contributed by atoms with Gasteiger partial charge in [-0.15, -0.1) is 0 Å². The lowest BCUT2D eigenvalue weighted by atomic mass is 10.2. The lowest BCUT2D eigenvalue weighted by molar-refractivity contribution is -0.0198. The van der Waals surface area contributed by atoms with Crippen LogP contribution in [0.1, 0.15) is 33.6 Å². The first-order valence-corrected chi connectivity index (χ1v) is 6.71. The first-order valence-electron chi connectivity index (χ1n) is 6.71. The number of amides is 1. The fourth-order valence-electron chi connectivity index (χ4n) is 2.33. The number of ether oxygens (including phenoxy) is 2. The van der Waals surface area contributed by atoms with E-state index in [-0.39, 0.29) is 11.6 Å². The van der Waals surface area contributed by atoms with Crippen LogP contribution in [-0.2, 0) is 9.47 Å². The van der Waals surface area contributed by atoms with Crippen molar-refractivity contribution < 1.29 is 14.3 Å². The Morgan fingerprint density at radius 3 is 2.78 bits per heavy atom. The minimum atomic E-state index is -0.430. The molecule has 1 aliphatic heterocycles. The number of hydrogen-bond acceptors (Lipinski definition) is 4. The molecule has 5 heteroatoms. The lowest BCUT2D eigenvalue weighted by Crippen LogP contribution is -2.50. The van der Waals surface area contributed by atoms with Crippen molar-refractivity contribution in [1.29, 1.82) is 0 Å². The summed E-state index contributed by atoms with van der Waals surface area (Å²) in [5.74, 6) is 0. The van der Waals surface area contributed by atoms with Crippen LogP contribution < -0.4 is 5.32 Å². The van der Waals surface area contributed by atoms with Crippen molar-refractivity contribution in [2.45, 2.75) is 44.8 Å². The van der Waals surface area contributed by atoms with Crippen LogP contribution in [0.4, 0.5) is 4.79 Å². The summed E-state index contributed by atoms with van der Waals surface area (Å²) in [4.78, 5) is 13.9. The van der Waals surface area contributed by atoms with Gasteiger partial charge in [0, 0.05) is 25.2 Å². The number of nitrogens with zero attached hydrogens (tertiary/aromatic N) is 1. The molecule has 0 aromatic heterocycles. The van der Waals surface area contributed by atoms with Crippen molar-refractivity contribution in [2.24, 2.45) is 0 Å². The van der Waals surface area contributed by atoms with Crippen molar-refractivity contribution in [3.63, 3.8) is 0 Å². The number of alkyl carbamates (subject to hydrolysis) is 1. The molecule has 0 unspecified atom stereocenters. The van der Waals surface area contributed by atoms with Crippen LogP contribution in [0, 0.1) is 0 Å². The van der Waals surface area contributed by atoms with Gasteiger partial charge in [-0.25, -0.2) is 4.79 Å². The molecule has 1 amide bonds. The lowest BCUT2D eigenvalue weighted by Gasteiger charge is -2.36. The van der Waals surface area contributed by atoms with E-state index in [0.717, 1.165) is 26.3 Å². The molecule has 2 rings (SSSR count). The molecule has 5 nitrogen and oxygen atoms in total. The molecule has 104 valence electrons. The van der Waals surface area contributed by atoms with E-state index >= 15 is 0 Å². The van der Waals surface area contributed by atoms with E-state index in [1.807, 2.05) is 20.8 Å². The zero-order valence-corrected chi connectivity index (χ0v) is 11.6. The van der Waals surface area contributed by atoms with Crippen LogP contribution in [-0.4, -0.2) is 55.0 Å². The van der Waals surface area contributed by atoms with Crippen LogP contribution in [0.15, 0.2) is 0 Å². The van der Waals surface area contributed by atoms with E-state index in [2.05, 4.69) is 10.2 Å². The van der Waals surface area contributed by atoms with E-state index in [9.17, 15) is 4.79 Å². The molecule has 1 spiro atoms. The predicted octanol–water partition coefficient (Wildman–Crippen LogP) is 1.38. The van der Waals surface area contributed by atoms with Crippen molar-refractivity contribution >= 4 is 6.09 Å². The Morgan fingerprint density at radius 1 is 1.44 bits per heavy atom. The summed E-state index contributed by atoms with van der Waals surface area (Å²) in [7, 11) is 0. The van der Waals surface area contributed by atoms with Crippen molar-refractivity contribution in [1.82, 2.24) is 10.2 Å². The Hall–Kier alpha value is -0.810. The van der Waals surface area contributed by atoms with Gasteiger partial charge in [-0.2, -0.15) is 0 Å². The van der Waals surface area contributed by atoms with Crippen molar-refractivity contribution in [3.05, 3.63) is 0 Å². The highest BCUT2D eigenvalue weighted by Crippen LogP contribution is 2.43. The minimum absolute atomic E-state index is 0.286. The molecular weight excluding hydrogens is 232 g/mol. The maximum absolute atomic E-state index is 11.5. The molecule has 2 fully saturated rings. The molecule has 18 heavy (non-hydrogen) atoms. The Kier molecular flexibility index (Phi) is 3.82.